The van der Waals surface area contributed by atoms with Gasteiger partial charge in [-0.05, 0) is 24.6 Å². The number of thiocarbonyl (C=S) groups is 1. The van der Waals surface area contributed by atoms with Gasteiger partial charge in [0.25, 0.3) is 0 Å². The largest absolute Gasteiger partial charge is 0.393 e. The zero-order valence-electron chi connectivity index (χ0n) is 9.87. The molecule has 0 saturated carbocycles. The molecule has 0 spiro atoms. The van der Waals surface area contributed by atoms with E-state index in [0.717, 1.165) is 10.9 Å². The van der Waals surface area contributed by atoms with E-state index < -0.39 is 5.92 Å². The topological polar surface area (TPSA) is 55.1 Å². The molecule has 0 aliphatic rings. The van der Waals surface area contributed by atoms with Crippen LogP contribution in [0.25, 0.3) is 0 Å². The molecule has 1 aromatic carbocycles. The molecule has 98 valence electrons. The van der Waals surface area contributed by atoms with Crippen molar-refractivity contribution in [2.75, 3.05) is 5.32 Å². The van der Waals surface area contributed by atoms with Crippen LogP contribution < -0.4 is 11.1 Å². The van der Waals surface area contributed by atoms with E-state index in [2.05, 4.69) is 21.2 Å². The molecule has 1 rings (SSSR count). The summed E-state index contributed by atoms with van der Waals surface area (Å²) in [5.41, 5.74) is 6.12. The molecule has 0 bridgehead atoms. The molecule has 3 N–H and O–H groups in total. The fraction of sp³-hybridized carbons (Fsp3) is 0.333. The van der Waals surface area contributed by atoms with E-state index in [4.69, 9.17) is 29.6 Å². The highest BCUT2D eigenvalue weighted by Crippen LogP contribution is 2.26. The van der Waals surface area contributed by atoms with Gasteiger partial charge < -0.3 is 11.1 Å². The molecule has 18 heavy (non-hydrogen) atoms. The highest BCUT2D eigenvalue weighted by Gasteiger charge is 2.21. The molecule has 0 saturated heterocycles. The summed E-state index contributed by atoms with van der Waals surface area (Å²) in [6.07, 6.45) is 1.47. The number of hydrogen-bond donors (Lipinski definition) is 2. The average Bonchev–Trinajstić information content (AvgIpc) is 2.30. The van der Waals surface area contributed by atoms with E-state index in [-0.39, 0.29) is 10.9 Å². The minimum Gasteiger partial charge on any atom is -0.393 e. The summed E-state index contributed by atoms with van der Waals surface area (Å²) in [5.74, 6) is -0.676. The van der Waals surface area contributed by atoms with E-state index >= 15 is 0 Å². The number of rotatable bonds is 5. The van der Waals surface area contributed by atoms with Crippen molar-refractivity contribution in [3.63, 3.8) is 0 Å². The van der Waals surface area contributed by atoms with Crippen LogP contribution in [0.15, 0.2) is 22.7 Å². The maximum atomic E-state index is 12.1. The van der Waals surface area contributed by atoms with Crippen molar-refractivity contribution in [1.29, 1.82) is 0 Å². The number of hydrogen-bond acceptors (Lipinski definition) is 2. The SMILES string of the molecule is CCCC(C(=O)Nc1cc(Br)ccc1Cl)C(N)=S. The first-order valence-corrected chi connectivity index (χ1v) is 7.08. The molecule has 0 aliphatic carbocycles. The summed E-state index contributed by atoms with van der Waals surface area (Å²) in [4.78, 5) is 12.3. The molecule has 6 heteroatoms. The van der Waals surface area contributed by atoms with E-state index in [1.807, 2.05) is 6.92 Å². The fourth-order valence-corrected chi connectivity index (χ4v) is 2.26. The molecule has 1 unspecified atom stereocenters. The second-order valence-corrected chi connectivity index (χ2v) is 5.65. The average molecular weight is 350 g/mol. The number of nitrogens with two attached hydrogens (primary N) is 1. The van der Waals surface area contributed by atoms with Crippen molar-refractivity contribution >= 4 is 56.3 Å². The molecular formula is C12H14BrClN2OS. The van der Waals surface area contributed by atoms with Crippen LogP contribution in [0.3, 0.4) is 0 Å². The summed E-state index contributed by atoms with van der Waals surface area (Å²) in [6.45, 7) is 1.98. The van der Waals surface area contributed by atoms with Crippen LogP contribution in [0.1, 0.15) is 19.8 Å². The van der Waals surface area contributed by atoms with Gasteiger partial charge >= 0.3 is 0 Å². The summed E-state index contributed by atoms with van der Waals surface area (Å²) in [5, 5.41) is 3.23. The lowest BCUT2D eigenvalue weighted by Gasteiger charge is -2.15. The van der Waals surface area contributed by atoms with Crippen LogP contribution in [0.5, 0.6) is 0 Å². The molecule has 0 fully saturated rings. The van der Waals surface area contributed by atoms with Gasteiger partial charge in [-0.15, -0.1) is 0 Å². The predicted octanol–water partition coefficient (Wildman–Crippen LogP) is 3.74. The van der Waals surface area contributed by atoms with E-state index in [1.165, 1.54) is 0 Å². The Morgan fingerprint density at radius 3 is 2.83 bits per heavy atom. The third-order valence-corrected chi connectivity index (χ3v) is 3.53. The first-order valence-electron chi connectivity index (χ1n) is 5.51. The second kappa shape index (κ2) is 7.07. The van der Waals surface area contributed by atoms with Gasteiger partial charge in [0.15, 0.2) is 0 Å². The van der Waals surface area contributed by atoms with E-state index in [1.54, 1.807) is 18.2 Å². The Bertz CT molecular complexity index is 467. The highest BCUT2D eigenvalue weighted by molar-refractivity contribution is 9.10. The van der Waals surface area contributed by atoms with Crippen molar-refractivity contribution in [3.05, 3.63) is 27.7 Å². The molecule has 1 amide bonds. The van der Waals surface area contributed by atoms with Crippen LogP contribution in [0, 0.1) is 5.92 Å². The maximum absolute atomic E-state index is 12.1. The lowest BCUT2D eigenvalue weighted by Crippen LogP contribution is -2.33. The second-order valence-electron chi connectivity index (χ2n) is 3.86. The quantitative estimate of drug-likeness (QED) is 0.796. The maximum Gasteiger partial charge on any atom is 0.234 e. The van der Waals surface area contributed by atoms with Gasteiger partial charge in [-0.2, -0.15) is 0 Å². The van der Waals surface area contributed by atoms with Gasteiger partial charge in [0.2, 0.25) is 5.91 Å². The van der Waals surface area contributed by atoms with Crippen molar-refractivity contribution < 1.29 is 4.79 Å². The molecule has 0 aromatic heterocycles. The minimum absolute atomic E-state index is 0.209. The Labute approximate surface area is 125 Å². The lowest BCUT2D eigenvalue weighted by atomic mass is 10.0. The Kier molecular flexibility index (Phi) is 6.05. The normalized spacial score (nSPS) is 11.9. The summed E-state index contributed by atoms with van der Waals surface area (Å²) in [6, 6.07) is 5.24. The van der Waals surface area contributed by atoms with Gasteiger partial charge in [-0.1, -0.05) is 53.1 Å². The number of amides is 1. The summed E-state index contributed by atoms with van der Waals surface area (Å²) < 4.78 is 0.838. The molecule has 0 aliphatic heterocycles. The van der Waals surface area contributed by atoms with E-state index in [0.29, 0.717) is 17.1 Å². The van der Waals surface area contributed by atoms with Gasteiger partial charge in [-0.25, -0.2) is 0 Å². The van der Waals surface area contributed by atoms with Gasteiger partial charge in [0.1, 0.15) is 0 Å². The molecule has 3 nitrogen and oxygen atoms in total. The van der Waals surface area contributed by atoms with Crippen LogP contribution in [-0.2, 0) is 4.79 Å². The molecule has 0 radical (unpaired) electrons. The van der Waals surface area contributed by atoms with Crippen molar-refractivity contribution in [1.82, 2.24) is 0 Å². The van der Waals surface area contributed by atoms with Gasteiger partial charge in [0.05, 0.1) is 21.6 Å². The number of carbonyl (C=O) groups is 1. The highest BCUT2D eigenvalue weighted by atomic mass is 79.9. The molecule has 1 atom stereocenters. The number of benzene rings is 1. The van der Waals surface area contributed by atoms with Crippen LogP contribution in [-0.4, -0.2) is 10.9 Å². The van der Waals surface area contributed by atoms with Crippen LogP contribution in [0.4, 0.5) is 5.69 Å². The lowest BCUT2D eigenvalue weighted by molar-refractivity contribution is -0.118. The Hall–Kier alpha value is -0.650. The van der Waals surface area contributed by atoms with Crippen LogP contribution in [0.2, 0.25) is 5.02 Å². The predicted molar refractivity (Wildman–Crippen MR) is 83.0 cm³/mol. The van der Waals surface area contributed by atoms with Crippen LogP contribution >= 0.6 is 39.7 Å². The Morgan fingerprint density at radius 2 is 2.28 bits per heavy atom. The third kappa shape index (κ3) is 4.23. The van der Waals surface area contributed by atoms with Crippen molar-refractivity contribution in [3.8, 4) is 0 Å². The number of nitrogens with one attached hydrogen (secondary N) is 1. The number of carbonyl (C=O) groups excluding carboxylic acids is 1. The molecule has 1 aromatic rings. The first-order chi connectivity index (χ1) is 8.45. The van der Waals surface area contributed by atoms with Crippen molar-refractivity contribution in [2.24, 2.45) is 11.7 Å². The summed E-state index contributed by atoms with van der Waals surface area (Å²) >= 11 is 14.2. The van der Waals surface area contributed by atoms with E-state index in [9.17, 15) is 4.79 Å². The fourth-order valence-electron chi connectivity index (χ4n) is 1.50. The van der Waals surface area contributed by atoms with Gasteiger partial charge in [-0.3, -0.25) is 4.79 Å². The number of anilines is 1. The zero-order chi connectivity index (χ0) is 13.7. The third-order valence-electron chi connectivity index (χ3n) is 2.42. The minimum atomic E-state index is -0.458. The smallest absolute Gasteiger partial charge is 0.234 e. The standard InChI is InChI=1S/C12H14BrClN2OS/c1-2-3-8(11(15)18)12(17)16-10-6-7(13)4-5-9(10)14/h4-6,8H,2-3H2,1H3,(H2,15,18)(H,16,17). The zero-order valence-corrected chi connectivity index (χ0v) is 13.0. The summed E-state index contributed by atoms with van der Waals surface area (Å²) in [7, 11) is 0. The Morgan fingerprint density at radius 1 is 1.61 bits per heavy atom. The molecule has 0 heterocycles. The monoisotopic (exact) mass is 348 g/mol. The number of halogens is 2. The van der Waals surface area contributed by atoms with Gasteiger partial charge in [0, 0.05) is 4.47 Å². The Balaban J connectivity index is 2.85. The molecular weight excluding hydrogens is 336 g/mol. The van der Waals surface area contributed by atoms with Crippen molar-refractivity contribution in [2.45, 2.75) is 19.8 Å². The first kappa shape index (κ1) is 15.4.